The van der Waals surface area contributed by atoms with Crippen molar-refractivity contribution in [3.63, 3.8) is 0 Å². The van der Waals surface area contributed by atoms with Crippen molar-refractivity contribution < 1.29 is 5.11 Å². The maximum atomic E-state index is 9.20. The monoisotopic (exact) mass is 219 g/mol. The Bertz CT molecular complexity index is 462. The van der Waals surface area contributed by atoms with E-state index < -0.39 is 0 Å². The van der Waals surface area contributed by atoms with E-state index in [2.05, 4.69) is 15.5 Å². The van der Waals surface area contributed by atoms with E-state index >= 15 is 0 Å². The molecule has 1 N–H and O–H groups in total. The lowest BCUT2D eigenvalue weighted by Crippen LogP contribution is -2.15. The molecule has 0 aliphatic heterocycles. The standard InChI is InChI=1S/C10H13N5O/c1-14(2)7-10-11-12-13-15(10)8-3-5-9(16)6-4-8/h3-6,16H,7H2,1-2H3. The van der Waals surface area contributed by atoms with Gasteiger partial charge in [0.1, 0.15) is 5.75 Å². The van der Waals surface area contributed by atoms with E-state index in [1.54, 1.807) is 28.9 Å². The van der Waals surface area contributed by atoms with E-state index in [1.165, 1.54) is 0 Å². The molecule has 1 aromatic carbocycles. The zero-order valence-corrected chi connectivity index (χ0v) is 9.20. The Morgan fingerprint density at radius 3 is 2.56 bits per heavy atom. The van der Waals surface area contributed by atoms with Crippen LogP contribution in [-0.2, 0) is 6.54 Å². The van der Waals surface area contributed by atoms with E-state index in [0.717, 1.165) is 11.5 Å². The Morgan fingerprint density at radius 1 is 1.25 bits per heavy atom. The SMILES string of the molecule is CN(C)Cc1nnnn1-c1ccc(O)cc1. The van der Waals surface area contributed by atoms with Crippen LogP contribution in [0, 0.1) is 0 Å². The summed E-state index contributed by atoms with van der Waals surface area (Å²) < 4.78 is 1.65. The number of phenols is 1. The first kappa shape index (κ1) is 10.6. The quantitative estimate of drug-likeness (QED) is 0.810. The molecule has 1 aromatic heterocycles. The summed E-state index contributed by atoms with van der Waals surface area (Å²) in [6.07, 6.45) is 0. The second-order valence-corrected chi connectivity index (χ2v) is 3.76. The van der Waals surface area contributed by atoms with Gasteiger partial charge in [0.15, 0.2) is 5.82 Å². The minimum atomic E-state index is 0.228. The molecule has 0 fully saturated rings. The van der Waals surface area contributed by atoms with E-state index in [4.69, 9.17) is 0 Å². The fourth-order valence-electron chi connectivity index (χ4n) is 1.38. The summed E-state index contributed by atoms with van der Waals surface area (Å²) >= 11 is 0. The van der Waals surface area contributed by atoms with Gasteiger partial charge >= 0.3 is 0 Å². The van der Waals surface area contributed by atoms with Crippen molar-refractivity contribution in [1.29, 1.82) is 0 Å². The summed E-state index contributed by atoms with van der Waals surface area (Å²) in [6.45, 7) is 0.661. The number of tetrazole rings is 1. The molecule has 0 unspecified atom stereocenters. The number of aromatic hydroxyl groups is 1. The molecule has 0 bridgehead atoms. The molecule has 0 aliphatic rings. The summed E-state index contributed by atoms with van der Waals surface area (Å²) in [4.78, 5) is 1.99. The third-order valence-corrected chi connectivity index (χ3v) is 2.09. The van der Waals surface area contributed by atoms with Crippen LogP contribution < -0.4 is 0 Å². The summed E-state index contributed by atoms with van der Waals surface area (Å²) in [5.74, 6) is 0.988. The van der Waals surface area contributed by atoms with Gasteiger partial charge in [-0.2, -0.15) is 4.68 Å². The minimum Gasteiger partial charge on any atom is -0.508 e. The molecule has 0 spiro atoms. The lowest BCUT2D eigenvalue weighted by atomic mass is 10.3. The molecule has 16 heavy (non-hydrogen) atoms. The molecule has 2 rings (SSSR count). The predicted octanol–water partition coefficient (Wildman–Crippen LogP) is 0.429. The van der Waals surface area contributed by atoms with E-state index in [9.17, 15) is 5.11 Å². The second-order valence-electron chi connectivity index (χ2n) is 3.76. The van der Waals surface area contributed by atoms with Crippen LogP contribution in [-0.4, -0.2) is 44.3 Å². The van der Waals surface area contributed by atoms with Crippen molar-refractivity contribution in [2.75, 3.05) is 14.1 Å². The zero-order valence-electron chi connectivity index (χ0n) is 9.20. The minimum absolute atomic E-state index is 0.228. The van der Waals surface area contributed by atoms with E-state index in [0.29, 0.717) is 6.54 Å². The van der Waals surface area contributed by atoms with Gasteiger partial charge in [0.2, 0.25) is 0 Å². The largest absolute Gasteiger partial charge is 0.508 e. The Morgan fingerprint density at radius 2 is 1.94 bits per heavy atom. The Labute approximate surface area is 93.1 Å². The summed E-state index contributed by atoms with van der Waals surface area (Å²) in [5.41, 5.74) is 0.833. The van der Waals surface area contributed by atoms with Crippen LogP contribution in [0.2, 0.25) is 0 Å². The highest BCUT2D eigenvalue weighted by Crippen LogP contribution is 2.13. The van der Waals surface area contributed by atoms with Crippen molar-refractivity contribution in [2.24, 2.45) is 0 Å². The van der Waals surface area contributed by atoms with Gasteiger partial charge in [0.25, 0.3) is 0 Å². The van der Waals surface area contributed by atoms with Crippen LogP contribution in [0.4, 0.5) is 0 Å². The van der Waals surface area contributed by atoms with E-state index in [1.807, 2.05) is 19.0 Å². The third kappa shape index (κ3) is 2.17. The summed E-state index contributed by atoms with van der Waals surface area (Å²) in [7, 11) is 3.91. The van der Waals surface area contributed by atoms with Gasteiger partial charge in [-0.25, -0.2) is 0 Å². The molecule has 84 valence electrons. The average Bonchev–Trinajstić information content (AvgIpc) is 2.66. The molecule has 1 heterocycles. The molecule has 0 amide bonds. The lowest BCUT2D eigenvalue weighted by molar-refractivity contribution is 0.385. The summed E-state index contributed by atoms with van der Waals surface area (Å²) in [5, 5.41) is 20.7. The Hall–Kier alpha value is -1.95. The normalized spacial score (nSPS) is 10.9. The van der Waals surface area contributed by atoms with Gasteiger partial charge in [-0.1, -0.05) is 0 Å². The fourth-order valence-corrected chi connectivity index (χ4v) is 1.38. The first-order valence-corrected chi connectivity index (χ1v) is 4.88. The number of rotatable bonds is 3. The number of hydrogen-bond acceptors (Lipinski definition) is 5. The van der Waals surface area contributed by atoms with Crippen LogP contribution in [0.3, 0.4) is 0 Å². The molecule has 0 aliphatic carbocycles. The number of hydrogen-bond donors (Lipinski definition) is 1. The number of aromatic nitrogens is 4. The van der Waals surface area contributed by atoms with Crippen LogP contribution in [0.5, 0.6) is 5.75 Å². The van der Waals surface area contributed by atoms with Crippen molar-refractivity contribution in [3.05, 3.63) is 30.1 Å². The molecule has 0 atom stereocenters. The van der Waals surface area contributed by atoms with Crippen LogP contribution in [0.25, 0.3) is 5.69 Å². The zero-order chi connectivity index (χ0) is 11.5. The van der Waals surface area contributed by atoms with Crippen molar-refractivity contribution in [2.45, 2.75) is 6.54 Å². The van der Waals surface area contributed by atoms with Gasteiger partial charge < -0.3 is 10.0 Å². The number of benzene rings is 1. The van der Waals surface area contributed by atoms with Crippen LogP contribution in [0.1, 0.15) is 5.82 Å². The van der Waals surface area contributed by atoms with Gasteiger partial charge in [0.05, 0.1) is 12.2 Å². The highest BCUT2D eigenvalue weighted by molar-refractivity contribution is 5.36. The van der Waals surface area contributed by atoms with Gasteiger partial charge in [-0.05, 0) is 48.8 Å². The maximum absolute atomic E-state index is 9.20. The second kappa shape index (κ2) is 4.28. The predicted molar refractivity (Wildman–Crippen MR) is 58.2 cm³/mol. The van der Waals surface area contributed by atoms with Gasteiger partial charge in [-0.15, -0.1) is 5.10 Å². The maximum Gasteiger partial charge on any atom is 0.170 e. The van der Waals surface area contributed by atoms with Crippen molar-refractivity contribution in [1.82, 2.24) is 25.1 Å². The first-order valence-electron chi connectivity index (χ1n) is 4.88. The van der Waals surface area contributed by atoms with Crippen LogP contribution in [0.15, 0.2) is 24.3 Å². The van der Waals surface area contributed by atoms with Gasteiger partial charge in [-0.3, -0.25) is 0 Å². The Balaban J connectivity index is 2.33. The van der Waals surface area contributed by atoms with E-state index in [-0.39, 0.29) is 5.75 Å². The average molecular weight is 219 g/mol. The molecule has 6 nitrogen and oxygen atoms in total. The summed E-state index contributed by atoms with van der Waals surface area (Å²) in [6, 6.07) is 6.75. The van der Waals surface area contributed by atoms with Gasteiger partial charge in [0, 0.05) is 0 Å². The molecule has 0 radical (unpaired) electrons. The first-order chi connectivity index (χ1) is 7.66. The molecular formula is C10H13N5O. The smallest absolute Gasteiger partial charge is 0.170 e. The number of nitrogens with zero attached hydrogens (tertiary/aromatic N) is 5. The molecule has 0 saturated heterocycles. The highest BCUT2D eigenvalue weighted by Gasteiger charge is 2.08. The van der Waals surface area contributed by atoms with Crippen molar-refractivity contribution >= 4 is 0 Å². The molecule has 2 aromatic rings. The van der Waals surface area contributed by atoms with Crippen LogP contribution >= 0.6 is 0 Å². The molecule has 6 heteroatoms. The highest BCUT2D eigenvalue weighted by atomic mass is 16.3. The fraction of sp³-hybridized carbons (Fsp3) is 0.300. The molecular weight excluding hydrogens is 206 g/mol. The Kier molecular flexibility index (Phi) is 2.82. The molecule has 0 saturated carbocycles. The van der Waals surface area contributed by atoms with Crippen molar-refractivity contribution in [3.8, 4) is 11.4 Å². The topological polar surface area (TPSA) is 67.1 Å². The lowest BCUT2D eigenvalue weighted by Gasteiger charge is -2.09. The number of phenolic OH excluding ortho intramolecular Hbond substituents is 1. The third-order valence-electron chi connectivity index (χ3n) is 2.09.